The fourth-order valence-electron chi connectivity index (χ4n) is 5.79. The number of rotatable bonds is 10. The van der Waals surface area contributed by atoms with Gasteiger partial charge < -0.3 is 9.47 Å². The predicted molar refractivity (Wildman–Crippen MR) is 95.3 cm³/mol. The smallest absolute Gasteiger partial charge is 0.460 e. The summed E-state index contributed by atoms with van der Waals surface area (Å²) in [6.45, 7) is -0.945. The second-order valence-corrected chi connectivity index (χ2v) is 11.1. The van der Waals surface area contributed by atoms with Gasteiger partial charge in [0.25, 0.3) is 0 Å². The van der Waals surface area contributed by atoms with Gasteiger partial charge in [-0.2, -0.15) is 26.0 Å². The molecule has 2 unspecified atom stereocenters. The zero-order valence-corrected chi connectivity index (χ0v) is 17.9. The van der Waals surface area contributed by atoms with Gasteiger partial charge in [0.15, 0.2) is 0 Å². The molecule has 0 saturated heterocycles. The monoisotopic (exact) mass is 512 g/mol. The van der Waals surface area contributed by atoms with E-state index >= 15 is 0 Å². The van der Waals surface area contributed by atoms with Crippen LogP contribution in [-0.4, -0.2) is 53.9 Å². The maximum absolute atomic E-state index is 13.6. The minimum atomic E-state index is -6.00. The Labute approximate surface area is 183 Å². The molecule has 0 spiro atoms. The first-order chi connectivity index (χ1) is 14.6. The Kier molecular flexibility index (Phi) is 6.78. The zero-order chi connectivity index (χ0) is 24.0. The fourth-order valence-corrected chi connectivity index (χ4v) is 6.30. The summed E-state index contributed by atoms with van der Waals surface area (Å²) in [6, 6.07) is 0. The van der Waals surface area contributed by atoms with Gasteiger partial charge in [-0.3, -0.25) is 4.55 Å². The van der Waals surface area contributed by atoms with E-state index in [4.69, 9.17) is 14.5 Å². The van der Waals surface area contributed by atoms with E-state index in [9.17, 15) is 35.6 Å². The highest BCUT2D eigenvalue weighted by Gasteiger charge is 2.60. The Morgan fingerprint density at radius 2 is 1.44 bits per heavy atom. The summed E-state index contributed by atoms with van der Waals surface area (Å²) in [4.78, 5) is 23.3. The quantitative estimate of drug-likeness (QED) is 0.111. The lowest BCUT2D eigenvalue weighted by atomic mass is 9.44. The highest BCUT2D eigenvalue weighted by Crippen LogP contribution is 2.65. The van der Waals surface area contributed by atoms with Crippen LogP contribution in [0.5, 0.6) is 0 Å². The summed E-state index contributed by atoms with van der Waals surface area (Å²) in [7, 11) is -6.00. The minimum Gasteiger partial charge on any atom is -0.460 e. The summed E-state index contributed by atoms with van der Waals surface area (Å²) >= 11 is -0.760. The van der Waals surface area contributed by atoms with E-state index in [1.807, 2.05) is 0 Å². The number of halogens is 4. The standard InChI is InChI=1S/C16H20F4O10S2/c17-15(18,31-30-29-23)11(21)27-7-13-2-9-1-10(3-13)5-14(4-9,6-13)8-28-12(22)16(19,20)32(24,25)26/h9-10,23H,1-8H2,(H,24,25,26). The third-order valence-corrected chi connectivity index (χ3v) is 7.61. The molecule has 4 fully saturated rings. The molecule has 0 aromatic rings. The summed E-state index contributed by atoms with van der Waals surface area (Å²) < 4.78 is 97.2. The first-order valence-electron chi connectivity index (χ1n) is 9.37. The van der Waals surface area contributed by atoms with Crippen molar-refractivity contribution in [2.24, 2.45) is 22.7 Å². The molecule has 0 aliphatic heterocycles. The molecule has 4 bridgehead atoms. The van der Waals surface area contributed by atoms with Crippen molar-refractivity contribution in [3.8, 4) is 0 Å². The van der Waals surface area contributed by atoms with Crippen LogP contribution in [0.25, 0.3) is 0 Å². The first kappa shape index (κ1) is 25.4. The maximum atomic E-state index is 13.6. The highest BCUT2D eigenvalue weighted by atomic mass is 32.2. The lowest BCUT2D eigenvalue weighted by Crippen LogP contribution is -2.56. The van der Waals surface area contributed by atoms with Gasteiger partial charge >= 0.3 is 32.6 Å². The first-order valence-corrected chi connectivity index (χ1v) is 11.5. The largest absolute Gasteiger partial charge is 0.465 e. The molecular weight excluding hydrogens is 492 g/mol. The third kappa shape index (κ3) is 4.99. The third-order valence-electron chi connectivity index (χ3n) is 6.29. The zero-order valence-electron chi connectivity index (χ0n) is 16.3. The van der Waals surface area contributed by atoms with Gasteiger partial charge in [0.05, 0.1) is 13.2 Å². The molecule has 16 heteroatoms. The van der Waals surface area contributed by atoms with E-state index in [2.05, 4.69) is 14.1 Å². The van der Waals surface area contributed by atoms with E-state index in [1.54, 1.807) is 0 Å². The number of carbonyl (C=O) groups excluding carboxylic acids is 2. The topological polar surface area (TPSA) is 146 Å². The van der Waals surface area contributed by atoms with Crippen LogP contribution in [0.4, 0.5) is 17.6 Å². The van der Waals surface area contributed by atoms with Crippen molar-refractivity contribution in [1.82, 2.24) is 0 Å². The Morgan fingerprint density at radius 1 is 0.969 bits per heavy atom. The van der Waals surface area contributed by atoms with Crippen molar-refractivity contribution in [2.45, 2.75) is 49.0 Å². The van der Waals surface area contributed by atoms with Crippen molar-refractivity contribution in [2.75, 3.05) is 13.2 Å². The molecule has 4 aliphatic carbocycles. The molecule has 0 heterocycles. The number of carbonyl (C=O) groups is 2. The molecule has 0 amide bonds. The van der Waals surface area contributed by atoms with Gasteiger partial charge in [0, 0.05) is 10.8 Å². The molecule has 4 aliphatic rings. The van der Waals surface area contributed by atoms with E-state index in [0.29, 0.717) is 25.7 Å². The summed E-state index contributed by atoms with van der Waals surface area (Å²) in [5.74, 6) is -4.23. The van der Waals surface area contributed by atoms with E-state index in [-0.39, 0.29) is 18.3 Å². The lowest BCUT2D eigenvalue weighted by molar-refractivity contribution is -0.433. The molecule has 0 aromatic carbocycles. The normalized spacial score (nSPS) is 32.1. The number of esters is 2. The predicted octanol–water partition coefficient (Wildman–Crippen LogP) is 2.80. The van der Waals surface area contributed by atoms with Crippen molar-refractivity contribution in [3.05, 3.63) is 0 Å². The van der Waals surface area contributed by atoms with Gasteiger partial charge in [0.2, 0.25) is 0 Å². The van der Waals surface area contributed by atoms with Crippen LogP contribution in [0.2, 0.25) is 0 Å². The molecule has 184 valence electrons. The molecule has 4 saturated carbocycles. The highest BCUT2D eigenvalue weighted by molar-refractivity contribution is 7.96. The number of hydrogen-bond acceptors (Lipinski definition) is 10. The van der Waals surface area contributed by atoms with Crippen LogP contribution in [0.1, 0.15) is 38.5 Å². The Bertz CT molecular complexity index is 851. The van der Waals surface area contributed by atoms with E-state index in [0.717, 1.165) is 6.42 Å². The van der Waals surface area contributed by atoms with Crippen LogP contribution in [-0.2, 0) is 38.6 Å². The van der Waals surface area contributed by atoms with Crippen molar-refractivity contribution in [1.29, 1.82) is 0 Å². The summed E-state index contributed by atoms with van der Waals surface area (Å²) in [6.07, 6.45) is 3.04. The molecule has 0 aromatic heterocycles. The SMILES string of the molecule is O=C(OCC12CC3CC(C1)CC(COC(=O)C(F)(F)S(=O)(=O)O)(C3)C2)C(F)(F)SOOO. The minimum absolute atomic E-state index is 0.0525. The molecule has 0 radical (unpaired) electrons. The van der Waals surface area contributed by atoms with Crippen molar-refractivity contribution in [3.63, 3.8) is 0 Å². The second-order valence-electron chi connectivity index (χ2n) is 8.85. The van der Waals surface area contributed by atoms with Gasteiger partial charge in [-0.05, 0) is 50.4 Å². The van der Waals surface area contributed by atoms with Gasteiger partial charge in [-0.15, -0.1) is 4.33 Å². The fraction of sp³-hybridized carbons (Fsp3) is 0.875. The van der Waals surface area contributed by atoms with Crippen LogP contribution in [0.3, 0.4) is 0 Å². The number of hydrogen-bond donors (Lipinski definition) is 2. The molecule has 2 atom stereocenters. The Balaban J connectivity index is 1.67. The van der Waals surface area contributed by atoms with Crippen molar-refractivity contribution >= 4 is 34.1 Å². The molecule has 10 nitrogen and oxygen atoms in total. The van der Waals surface area contributed by atoms with Gasteiger partial charge in [-0.25, -0.2) is 14.8 Å². The van der Waals surface area contributed by atoms with Gasteiger partial charge in [0.1, 0.15) is 12.0 Å². The lowest BCUT2D eigenvalue weighted by Gasteiger charge is -2.61. The Hall–Kier alpha value is -1.20. The van der Waals surface area contributed by atoms with Gasteiger partial charge in [-0.1, -0.05) is 5.04 Å². The average molecular weight is 512 g/mol. The number of ether oxygens (including phenoxy) is 2. The summed E-state index contributed by atoms with van der Waals surface area (Å²) in [5, 5.41) is 1.70. The second kappa shape index (κ2) is 8.54. The molecule has 32 heavy (non-hydrogen) atoms. The van der Waals surface area contributed by atoms with Crippen LogP contribution in [0, 0.1) is 22.7 Å². The molecule has 4 rings (SSSR count). The summed E-state index contributed by atoms with van der Waals surface area (Å²) in [5.41, 5.74) is -1.56. The van der Waals surface area contributed by atoms with Crippen molar-refractivity contribution < 1.29 is 64.2 Å². The maximum Gasteiger partial charge on any atom is 0.465 e. The Morgan fingerprint density at radius 3 is 1.88 bits per heavy atom. The molecular formula is C16H20F4O10S2. The molecule has 2 N–H and O–H groups in total. The van der Waals surface area contributed by atoms with Crippen LogP contribution >= 0.6 is 12.0 Å². The van der Waals surface area contributed by atoms with E-state index in [1.165, 1.54) is 0 Å². The number of alkyl halides is 4. The van der Waals surface area contributed by atoms with E-state index < -0.39 is 68.7 Å². The average Bonchev–Trinajstić information content (AvgIpc) is 2.66. The van der Waals surface area contributed by atoms with Crippen LogP contribution in [0.15, 0.2) is 0 Å². The van der Waals surface area contributed by atoms with Crippen LogP contribution < -0.4 is 0 Å².